The maximum absolute atomic E-state index is 11.8. The number of primary amides is 1. The third kappa shape index (κ3) is 3.55. The molecular weight excluding hydrogens is 384 g/mol. The average molecular weight is 402 g/mol. The number of aryl methyl sites for hydroxylation is 1. The maximum atomic E-state index is 11.8. The number of benzene rings is 2. The number of aromatic amines is 1. The van der Waals surface area contributed by atoms with Gasteiger partial charge in [-0.15, -0.1) is 0 Å². The number of rotatable bonds is 6. The van der Waals surface area contributed by atoms with Crippen LogP contribution in [0.25, 0.3) is 22.3 Å². The van der Waals surface area contributed by atoms with Gasteiger partial charge in [0.2, 0.25) is 11.8 Å². The van der Waals surface area contributed by atoms with Crippen molar-refractivity contribution < 1.29 is 14.7 Å². The Hall–Kier alpha value is -4.27. The monoisotopic (exact) mass is 402 g/mol. The van der Waals surface area contributed by atoms with E-state index in [4.69, 9.17) is 5.73 Å². The van der Waals surface area contributed by atoms with E-state index in [-0.39, 0.29) is 23.2 Å². The summed E-state index contributed by atoms with van der Waals surface area (Å²) in [5, 5.41) is 13.2. The maximum Gasteiger partial charge on any atom is 0.337 e. The van der Waals surface area contributed by atoms with Crippen LogP contribution in [-0.4, -0.2) is 36.9 Å². The highest BCUT2D eigenvalue weighted by Crippen LogP contribution is 2.32. The predicted molar refractivity (Wildman–Crippen MR) is 111 cm³/mol. The summed E-state index contributed by atoms with van der Waals surface area (Å²) in [6.45, 7) is 2.23. The van der Waals surface area contributed by atoms with Crippen molar-refractivity contribution in [2.45, 2.75) is 13.5 Å². The van der Waals surface area contributed by atoms with E-state index in [1.807, 2.05) is 30.3 Å². The van der Waals surface area contributed by atoms with Crippen LogP contribution in [-0.2, 0) is 6.54 Å². The number of hydrogen-bond donors (Lipinski definition) is 4. The summed E-state index contributed by atoms with van der Waals surface area (Å²) >= 11 is 0. The predicted octanol–water partition coefficient (Wildman–Crippen LogP) is 2.74. The van der Waals surface area contributed by atoms with Gasteiger partial charge >= 0.3 is 5.97 Å². The van der Waals surface area contributed by atoms with E-state index in [0.717, 1.165) is 5.56 Å². The molecule has 2 heterocycles. The Bertz CT molecular complexity index is 1270. The van der Waals surface area contributed by atoms with Crippen LogP contribution in [0.1, 0.15) is 32.2 Å². The van der Waals surface area contributed by atoms with Crippen molar-refractivity contribution in [2.75, 3.05) is 5.32 Å². The van der Waals surface area contributed by atoms with Crippen molar-refractivity contribution in [3.63, 3.8) is 0 Å². The summed E-state index contributed by atoms with van der Waals surface area (Å²) in [7, 11) is 0. The number of carboxylic acids is 1. The Morgan fingerprint density at radius 2 is 1.83 bits per heavy atom. The van der Waals surface area contributed by atoms with Crippen LogP contribution >= 0.6 is 0 Å². The number of aromatic nitrogens is 4. The van der Waals surface area contributed by atoms with E-state index in [9.17, 15) is 14.7 Å². The number of para-hydroxylation sites is 1. The summed E-state index contributed by atoms with van der Waals surface area (Å²) in [6.07, 6.45) is 0. The number of nitrogens with zero attached hydrogens (tertiary/aromatic N) is 3. The molecule has 0 fully saturated rings. The molecule has 9 heteroatoms. The molecule has 0 aliphatic rings. The van der Waals surface area contributed by atoms with Crippen LogP contribution in [0.5, 0.6) is 0 Å². The first-order valence-electron chi connectivity index (χ1n) is 9.12. The molecule has 4 aromatic rings. The van der Waals surface area contributed by atoms with Crippen LogP contribution in [0, 0.1) is 6.92 Å². The van der Waals surface area contributed by atoms with Crippen LogP contribution in [0.15, 0.2) is 48.5 Å². The third-order valence-corrected chi connectivity index (χ3v) is 4.62. The average Bonchev–Trinajstić information content (AvgIpc) is 3.08. The van der Waals surface area contributed by atoms with Gasteiger partial charge in [-0.2, -0.15) is 9.97 Å². The minimum atomic E-state index is -1.05. The number of nitrogens with one attached hydrogen (secondary N) is 2. The highest BCUT2D eigenvalue weighted by Gasteiger charge is 2.20. The standard InChI is InChI=1S/C21H18N6O3/c1-11-15(13-8-5-9-14(20(29)30)16(13)24-11)18-25-19(17(22)28)27-21(26-18)23-10-12-6-3-2-4-7-12/h2-9,24H,10H2,1H3,(H2,22,28)(H,29,30)(H,23,25,26,27). The molecule has 0 saturated heterocycles. The number of fused-ring (bicyclic) bond motifs is 1. The summed E-state index contributed by atoms with van der Waals surface area (Å²) in [4.78, 5) is 39.2. The zero-order chi connectivity index (χ0) is 21.3. The summed E-state index contributed by atoms with van der Waals surface area (Å²) < 4.78 is 0. The normalized spacial score (nSPS) is 10.8. The summed E-state index contributed by atoms with van der Waals surface area (Å²) in [5.74, 6) is -1.60. The number of carboxylic acid groups (broad SMARTS) is 1. The van der Waals surface area contributed by atoms with Crippen LogP contribution in [0.2, 0.25) is 0 Å². The number of carbonyl (C=O) groups excluding carboxylic acids is 1. The van der Waals surface area contributed by atoms with Crippen molar-refractivity contribution in [1.82, 2.24) is 19.9 Å². The van der Waals surface area contributed by atoms with E-state index < -0.39 is 11.9 Å². The van der Waals surface area contributed by atoms with Gasteiger partial charge in [0.15, 0.2) is 5.82 Å². The first-order chi connectivity index (χ1) is 14.4. The fraction of sp³-hybridized carbons (Fsp3) is 0.0952. The molecule has 0 aliphatic carbocycles. The molecule has 0 spiro atoms. The van der Waals surface area contributed by atoms with Crippen molar-refractivity contribution in [2.24, 2.45) is 5.73 Å². The molecule has 0 unspecified atom stereocenters. The molecule has 0 atom stereocenters. The fourth-order valence-electron chi connectivity index (χ4n) is 3.27. The Morgan fingerprint density at radius 1 is 1.07 bits per heavy atom. The third-order valence-electron chi connectivity index (χ3n) is 4.62. The number of carbonyl (C=O) groups is 2. The number of H-pyrrole nitrogens is 1. The number of aromatic carboxylic acids is 1. The smallest absolute Gasteiger partial charge is 0.337 e. The molecular formula is C21H18N6O3. The zero-order valence-electron chi connectivity index (χ0n) is 16.0. The molecule has 150 valence electrons. The summed E-state index contributed by atoms with van der Waals surface area (Å²) in [6, 6.07) is 14.6. The molecule has 0 radical (unpaired) electrons. The number of nitrogens with two attached hydrogens (primary N) is 1. The first kappa shape index (κ1) is 19.1. The van der Waals surface area contributed by atoms with Crippen LogP contribution < -0.4 is 11.1 Å². The van der Waals surface area contributed by atoms with Gasteiger partial charge in [0.25, 0.3) is 5.91 Å². The Morgan fingerprint density at radius 3 is 2.53 bits per heavy atom. The van der Waals surface area contributed by atoms with E-state index in [1.165, 1.54) is 6.07 Å². The first-order valence-corrected chi connectivity index (χ1v) is 9.12. The van der Waals surface area contributed by atoms with Crippen molar-refractivity contribution in [1.29, 1.82) is 0 Å². The molecule has 9 nitrogen and oxygen atoms in total. The minimum absolute atomic E-state index is 0.133. The number of hydrogen-bond acceptors (Lipinski definition) is 6. The van der Waals surface area contributed by atoms with Gasteiger partial charge < -0.3 is 21.1 Å². The molecule has 30 heavy (non-hydrogen) atoms. The van der Waals surface area contributed by atoms with Gasteiger partial charge in [-0.25, -0.2) is 9.78 Å². The summed E-state index contributed by atoms with van der Waals surface area (Å²) in [5.41, 5.74) is 8.26. The van der Waals surface area contributed by atoms with Gasteiger partial charge in [0.1, 0.15) is 0 Å². The zero-order valence-corrected chi connectivity index (χ0v) is 16.0. The van der Waals surface area contributed by atoms with Gasteiger partial charge in [-0.3, -0.25) is 4.79 Å². The van der Waals surface area contributed by atoms with Crippen molar-refractivity contribution in [3.05, 3.63) is 71.2 Å². The second-order valence-corrected chi connectivity index (χ2v) is 6.67. The lowest BCUT2D eigenvalue weighted by atomic mass is 10.1. The van der Waals surface area contributed by atoms with E-state index in [1.54, 1.807) is 19.1 Å². The Labute approximate surface area is 171 Å². The molecule has 0 saturated carbocycles. The van der Waals surface area contributed by atoms with E-state index in [2.05, 4.69) is 25.3 Å². The molecule has 0 bridgehead atoms. The fourth-order valence-corrected chi connectivity index (χ4v) is 3.27. The van der Waals surface area contributed by atoms with Crippen LogP contribution in [0.3, 0.4) is 0 Å². The highest BCUT2D eigenvalue weighted by atomic mass is 16.4. The molecule has 5 N–H and O–H groups in total. The van der Waals surface area contributed by atoms with E-state index in [0.29, 0.717) is 28.7 Å². The number of amides is 1. The van der Waals surface area contributed by atoms with Crippen LogP contribution in [0.4, 0.5) is 5.95 Å². The lowest BCUT2D eigenvalue weighted by molar-refractivity contribution is 0.0698. The molecule has 1 amide bonds. The minimum Gasteiger partial charge on any atom is -0.478 e. The SMILES string of the molecule is Cc1[nH]c2c(C(=O)O)cccc2c1-c1nc(NCc2ccccc2)nc(C(N)=O)n1. The van der Waals surface area contributed by atoms with Gasteiger partial charge in [0, 0.05) is 23.2 Å². The highest BCUT2D eigenvalue weighted by molar-refractivity contribution is 6.07. The molecule has 4 rings (SSSR count). The second-order valence-electron chi connectivity index (χ2n) is 6.67. The molecule has 2 aromatic carbocycles. The largest absolute Gasteiger partial charge is 0.478 e. The molecule has 2 aromatic heterocycles. The van der Waals surface area contributed by atoms with Crippen molar-refractivity contribution in [3.8, 4) is 11.4 Å². The quantitative estimate of drug-likeness (QED) is 0.388. The second kappa shape index (κ2) is 7.63. The lowest BCUT2D eigenvalue weighted by Gasteiger charge is -2.08. The lowest BCUT2D eigenvalue weighted by Crippen LogP contribution is -2.18. The Kier molecular flexibility index (Phi) is 4.85. The topological polar surface area (TPSA) is 147 Å². The van der Waals surface area contributed by atoms with Gasteiger partial charge in [-0.05, 0) is 18.6 Å². The van der Waals surface area contributed by atoms with Gasteiger partial charge in [-0.1, -0.05) is 42.5 Å². The van der Waals surface area contributed by atoms with E-state index >= 15 is 0 Å². The molecule has 0 aliphatic heterocycles. The van der Waals surface area contributed by atoms with Crippen molar-refractivity contribution >= 4 is 28.7 Å². The Balaban J connectivity index is 1.81. The number of anilines is 1. The van der Waals surface area contributed by atoms with Gasteiger partial charge in [0.05, 0.1) is 11.1 Å².